The van der Waals surface area contributed by atoms with Crippen molar-refractivity contribution in [3.8, 4) is 0 Å². The molecule has 106 valence electrons. The zero-order valence-corrected chi connectivity index (χ0v) is 11.9. The second-order valence-electron chi connectivity index (χ2n) is 5.08. The van der Waals surface area contributed by atoms with Crippen LogP contribution in [0.2, 0.25) is 0 Å². The molecule has 1 unspecified atom stereocenters. The van der Waals surface area contributed by atoms with Gasteiger partial charge >= 0.3 is 0 Å². The fraction of sp³-hybridized carbons (Fsp3) is 0.176. The summed E-state index contributed by atoms with van der Waals surface area (Å²) in [5.41, 5.74) is 2.84. The van der Waals surface area contributed by atoms with Crippen LogP contribution in [-0.4, -0.2) is 24.7 Å². The van der Waals surface area contributed by atoms with Gasteiger partial charge in [0.2, 0.25) is 0 Å². The maximum atomic E-state index is 13.7. The van der Waals surface area contributed by atoms with Crippen LogP contribution in [0.3, 0.4) is 0 Å². The van der Waals surface area contributed by atoms with Crippen LogP contribution < -0.4 is 4.90 Å². The molecule has 0 N–H and O–H groups in total. The number of benzodiazepines with no additional fused rings is 1. The van der Waals surface area contributed by atoms with Gasteiger partial charge in [-0.15, -0.1) is 0 Å². The first-order chi connectivity index (χ1) is 10.1. The van der Waals surface area contributed by atoms with Crippen molar-refractivity contribution >= 4 is 17.3 Å². The van der Waals surface area contributed by atoms with Crippen molar-refractivity contribution in [1.29, 1.82) is 0 Å². The standard InChI is InChI=1S/C17H15FN2O/c1-11-17(21)20(2)15-9-8-13(18)10-14(15)16(19-11)12-6-4-3-5-7-12/h3-11H,1-2H3/i18-1. The number of benzene rings is 2. The summed E-state index contributed by atoms with van der Waals surface area (Å²) in [6, 6.07) is 13.5. The molecule has 21 heavy (non-hydrogen) atoms. The Morgan fingerprint density at radius 2 is 1.86 bits per heavy atom. The molecule has 0 fully saturated rings. The number of halogens is 1. The SMILES string of the molecule is CC1N=C(c2ccccc2)c2cc([18F])ccc2N(C)C1=O. The van der Waals surface area contributed by atoms with Crippen LogP contribution in [-0.2, 0) is 4.79 Å². The summed E-state index contributed by atoms with van der Waals surface area (Å²) in [7, 11) is 1.69. The normalized spacial score (nSPS) is 18.0. The Kier molecular flexibility index (Phi) is 3.29. The van der Waals surface area contributed by atoms with Gasteiger partial charge in [-0.05, 0) is 25.1 Å². The number of fused-ring (bicyclic) bond motifs is 1. The van der Waals surface area contributed by atoms with Crippen LogP contribution in [0.25, 0.3) is 0 Å². The molecule has 0 aliphatic carbocycles. The number of hydrogen-bond donors (Lipinski definition) is 0. The van der Waals surface area contributed by atoms with E-state index in [9.17, 15) is 9.18 Å². The van der Waals surface area contributed by atoms with E-state index in [0.29, 0.717) is 17.0 Å². The molecule has 0 spiro atoms. The Labute approximate surface area is 122 Å². The number of carbonyl (C=O) groups is 1. The molecule has 1 atom stereocenters. The molecule has 2 aromatic carbocycles. The fourth-order valence-electron chi connectivity index (χ4n) is 2.53. The van der Waals surface area contributed by atoms with E-state index < -0.39 is 6.04 Å². The van der Waals surface area contributed by atoms with Gasteiger partial charge < -0.3 is 4.90 Å². The molecule has 2 aromatic rings. The highest BCUT2D eigenvalue weighted by molar-refractivity contribution is 6.19. The summed E-state index contributed by atoms with van der Waals surface area (Å²) in [6.07, 6.45) is 0. The van der Waals surface area contributed by atoms with Crippen LogP contribution in [0.5, 0.6) is 0 Å². The van der Waals surface area contributed by atoms with Crippen molar-refractivity contribution in [3.05, 3.63) is 65.5 Å². The Bertz CT molecular complexity index is 725. The Hall–Kier alpha value is -2.49. The minimum absolute atomic E-state index is 0.103. The molecule has 3 rings (SSSR count). The van der Waals surface area contributed by atoms with Gasteiger partial charge in [-0.1, -0.05) is 30.3 Å². The molecule has 1 heterocycles. The molecule has 1 aliphatic heterocycles. The molecule has 1 amide bonds. The van der Waals surface area contributed by atoms with Gasteiger partial charge in [0.1, 0.15) is 11.9 Å². The van der Waals surface area contributed by atoms with E-state index >= 15 is 0 Å². The monoisotopic (exact) mass is 281 g/mol. The molecular formula is C17H15FN2O. The summed E-state index contributed by atoms with van der Waals surface area (Å²) in [5.74, 6) is -0.443. The van der Waals surface area contributed by atoms with Crippen molar-refractivity contribution in [2.75, 3.05) is 11.9 Å². The van der Waals surface area contributed by atoms with Crippen LogP contribution in [0.1, 0.15) is 18.1 Å². The van der Waals surface area contributed by atoms with Crippen LogP contribution in [0, 0.1) is 5.82 Å². The van der Waals surface area contributed by atoms with Crippen LogP contribution in [0.15, 0.2) is 53.5 Å². The highest BCUT2D eigenvalue weighted by Crippen LogP contribution is 2.28. The van der Waals surface area contributed by atoms with Gasteiger partial charge in [-0.2, -0.15) is 0 Å². The van der Waals surface area contributed by atoms with Crippen molar-refractivity contribution in [2.45, 2.75) is 13.0 Å². The quantitative estimate of drug-likeness (QED) is 0.791. The van der Waals surface area contributed by atoms with E-state index in [2.05, 4.69) is 4.99 Å². The topological polar surface area (TPSA) is 32.7 Å². The number of hydrogen-bond acceptors (Lipinski definition) is 2. The molecular weight excluding hydrogens is 266 g/mol. The predicted octanol–water partition coefficient (Wildman–Crippen LogP) is 3.03. The Morgan fingerprint density at radius 1 is 1.14 bits per heavy atom. The van der Waals surface area contributed by atoms with Crippen molar-refractivity contribution < 1.29 is 9.18 Å². The van der Waals surface area contributed by atoms with Crippen molar-refractivity contribution in [2.24, 2.45) is 4.99 Å². The first kappa shape index (κ1) is 13.5. The lowest BCUT2D eigenvalue weighted by molar-refractivity contribution is -0.119. The lowest BCUT2D eigenvalue weighted by Crippen LogP contribution is -2.32. The zero-order valence-electron chi connectivity index (χ0n) is 11.9. The molecule has 3 nitrogen and oxygen atoms in total. The summed E-state index contributed by atoms with van der Waals surface area (Å²) in [4.78, 5) is 18.4. The number of anilines is 1. The van der Waals surface area contributed by atoms with E-state index in [4.69, 9.17) is 0 Å². The average molecular weight is 281 g/mol. The number of carbonyl (C=O) groups excluding carboxylic acids is 1. The number of amides is 1. The van der Waals surface area contributed by atoms with E-state index in [1.54, 1.807) is 24.9 Å². The number of nitrogens with zero attached hydrogens (tertiary/aromatic N) is 2. The van der Waals surface area contributed by atoms with Gasteiger partial charge in [0.05, 0.1) is 11.4 Å². The number of aliphatic imine (C=N–C) groups is 1. The molecule has 0 bridgehead atoms. The van der Waals surface area contributed by atoms with E-state index in [-0.39, 0.29) is 11.7 Å². The largest absolute Gasteiger partial charge is 0.313 e. The van der Waals surface area contributed by atoms with Gasteiger partial charge in [0.25, 0.3) is 5.91 Å². The molecule has 4 heteroatoms. The van der Waals surface area contributed by atoms with Gasteiger partial charge in [0.15, 0.2) is 0 Å². The third-order valence-electron chi connectivity index (χ3n) is 3.63. The minimum atomic E-state index is -0.499. The third kappa shape index (κ3) is 2.33. The van der Waals surface area contributed by atoms with Crippen LogP contribution >= 0.6 is 0 Å². The third-order valence-corrected chi connectivity index (χ3v) is 3.63. The average Bonchev–Trinajstić information content (AvgIpc) is 2.59. The number of likely N-dealkylation sites (N-methyl/N-ethyl adjacent to an activating group) is 1. The lowest BCUT2D eigenvalue weighted by atomic mass is 10.00. The summed E-state index contributed by atoms with van der Waals surface area (Å²) in [6.45, 7) is 1.75. The summed E-state index contributed by atoms with van der Waals surface area (Å²) in [5, 5.41) is 0. The highest BCUT2D eigenvalue weighted by Gasteiger charge is 2.27. The van der Waals surface area contributed by atoms with Crippen molar-refractivity contribution in [3.63, 3.8) is 0 Å². The Morgan fingerprint density at radius 3 is 2.57 bits per heavy atom. The van der Waals surface area contributed by atoms with Crippen LogP contribution in [0.4, 0.5) is 10.1 Å². The number of rotatable bonds is 1. The van der Waals surface area contributed by atoms with E-state index in [0.717, 1.165) is 5.56 Å². The Balaban J connectivity index is 2.27. The smallest absolute Gasteiger partial charge is 0.251 e. The maximum absolute atomic E-state index is 13.7. The van der Waals surface area contributed by atoms with Crippen molar-refractivity contribution in [1.82, 2.24) is 0 Å². The zero-order chi connectivity index (χ0) is 15.0. The summed E-state index contributed by atoms with van der Waals surface area (Å²) >= 11 is 0. The molecule has 0 saturated heterocycles. The maximum Gasteiger partial charge on any atom is 0.251 e. The molecule has 0 radical (unpaired) electrons. The first-order valence-electron chi connectivity index (χ1n) is 6.78. The molecule has 1 aliphatic rings. The molecule has 0 saturated carbocycles. The van der Waals surface area contributed by atoms with E-state index in [1.165, 1.54) is 12.1 Å². The fourth-order valence-corrected chi connectivity index (χ4v) is 2.53. The highest BCUT2D eigenvalue weighted by atomic mass is 18.2. The second kappa shape index (κ2) is 5.13. The van der Waals surface area contributed by atoms with Gasteiger partial charge in [-0.3, -0.25) is 9.79 Å². The first-order valence-corrected chi connectivity index (χ1v) is 6.78. The predicted molar refractivity (Wildman–Crippen MR) is 81.4 cm³/mol. The van der Waals surface area contributed by atoms with Gasteiger partial charge in [0, 0.05) is 18.2 Å². The molecule has 0 aromatic heterocycles. The second-order valence-corrected chi connectivity index (χ2v) is 5.08. The minimum Gasteiger partial charge on any atom is -0.313 e. The lowest BCUT2D eigenvalue weighted by Gasteiger charge is -2.19. The van der Waals surface area contributed by atoms with E-state index in [1.807, 2.05) is 30.3 Å². The van der Waals surface area contributed by atoms with Gasteiger partial charge in [-0.25, -0.2) is 4.39 Å². The summed E-state index contributed by atoms with van der Waals surface area (Å²) < 4.78 is 13.7.